The van der Waals surface area contributed by atoms with Crippen molar-refractivity contribution in [3.63, 3.8) is 0 Å². The Labute approximate surface area is 176 Å². The van der Waals surface area contributed by atoms with Crippen LogP contribution < -0.4 is 10.5 Å². The predicted molar refractivity (Wildman–Crippen MR) is 114 cm³/mol. The van der Waals surface area contributed by atoms with Gasteiger partial charge in [0, 0.05) is 30.7 Å². The first-order valence-electron chi connectivity index (χ1n) is 9.93. The molecule has 0 unspecified atom stereocenters. The molecule has 8 heteroatoms. The average molecular weight is 431 g/mol. The Morgan fingerprint density at radius 1 is 1.00 bits per heavy atom. The van der Waals surface area contributed by atoms with Gasteiger partial charge in [-0.2, -0.15) is 4.39 Å². The van der Waals surface area contributed by atoms with Crippen LogP contribution in [0.25, 0.3) is 11.3 Å². The maximum atomic E-state index is 13.9. The largest absolute Gasteiger partial charge is 0.487 e. The molecular formula is C21H32F2N2O3S. The summed E-state index contributed by atoms with van der Waals surface area (Å²) in [6.07, 6.45) is 3.59. The molecule has 0 spiro atoms. The van der Waals surface area contributed by atoms with Crippen molar-refractivity contribution in [2.45, 2.75) is 40.0 Å². The molecule has 0 aliphatic carbocycles. The highest BCUT2D eigenvalue weighted by Crippen LogP contribution is 2.34. The Kier molecular flexibility index (Phi) is 13.4. The first-order chi connectivity index (χ1) is 14.0. The van der Waals surface area contributed by atoms with Crippen LogP contribution in [0.1, 0.15) is 38.1 Å². The Morgan fingerprint density at radius 3 is 2.38 bits per heavy atom. The lowest BCUT2D eigenvalue weighted by atomic mass is 10.1. The van der Waals surface area contributed by atoms with Crippen LogP contribution in [0, 0.1) is 18.6 Å². The Balaban J connectivity index is 0.000000447. The van der Waals surface area contributed by atoms with Crippen LogP contribution in [-0.2, 0) is 9.47 Å². The number of nitrogens with two attached hydrogens (primary N) is 1. The number of aromatic nitrogens is 1. The maximum absolute atomic E-state index is 13.9. The molecule has 164 valence electrons. The number of halogens is 2. The second kappa shape index (κ2) is 15.3. The minimum Gasteiger partial charge on any atom is -0.487 e. The summed E-state index contributed by atoms with van der Waals surface area (Å²) in [5.41, 5.74) is 6.28. The molecule has 1 aromatic heterocycles. The van der Waals surface area contributed by atoms with Gasteiger partial charge in [0.05, 0.1) is 23.9 Å². The van der Waals surface area contributed by atoms with Crippen molar-refractivity contribution in [2.75, 3.05) is 39.6 Å². The van der Waals surface area contributed by atoms with Gasteiger partial charge in [-0.15, -0.1) is 11.3 Å². The number of nitrogens with zero attached hydrogens (tertiary/aromatic N) is 1. The van der Waals surface area contributed by atoms with Gasteiger partial charge in [0.1, 0.15) is 6.61 Å². The molecule has 29 heavy (non-hydrogen) atoms. The van der Waals surface area contributed by atoms with Crippen molar-refractivity contribution >= 4 is 11.3 Å². The lowest BCUT2D eigenvalue weighted by molar-refractivity contribution is 0.104. The summed E-state index contributed by atoms with van der Waals surface area (Å²) < 4.78 is 43.0. The molecule has 0 atom stereocenters. The highest BCUT2D eigenvalue weighted by atomic mass is 32.1. The summed E-state index contributed by atoms with van der Waals surface area (Å²) in [5.74, 6) is -2.11. The fraction of sp³-hybridized carbons (Fsp3) is 0.571. The van der Waals surface area contributed by atoms with Crippen molar-refractivity contribution in [1.82, 2.24) is 4.98 Å². The fourth-order valence-electron chi connectivity index (χ4n) is 2.24. The molecule has 0 aliphatic heterocycles. The quantitative estimate of drug-likeness (QED) is 0.482. The SMILES string of the molecule is CCCCOCCC.Cc1nc(-c2ccc(F)c(F)c2OCCOCCN)cs1. The first kappa shape index (κ1) is 25.4. The molecule has 0 saturated heterocycles. The molecule has 0 fully saturated rings. The van der Waals surface area contributed by atoms with Crippen LogP contribution in [0.4, 0.5) is 8.78 Å². The van der Waals surface area contributed by atoms with Crippen molar-refractivity contribution in [3.8, 4) is 17.0 Å². The van der Waals surface area contributed by atoms with Gasteiger partial charge >= 0.3 is 0 Å². The van der Waals surface area contributed by atoms with Gasteiger partial charge < -0.3 is 19.9 Å². The molecule has 1 aromatic carbocycles. The molecule has 0 amide bonds. The number of hydrogen-bond donors (Lipinski definition) is 1. The number of rotatable bonds is 12. The van der Waals surface area contributed by atoms with E-state index < -0.39 is 11.6 Å². The van der Waals surface area contributed by atoms with E-state index in [0.717, 1.165) is 30.7 Å². The molecular weight excluding hydrogens is 398 g/mol. The smallest absolute Gasteiger partial charge is 0.201 e. The Bertz CT molecular complexity index is 693. The minimum absolute atomic E-state index is 0.108. The zero-order valence-electron chi connectivity index (χ0n) is 17.5. The van der Waals surface area contributed by atoms with Crippen LogP contribution in [0.2, 0.25) is 0 Å². The molecule has 0 bridgehead atoms. The van der Waals surface area contributed by atoms with Gasteiger partial charge in [-0.3, -0.25) is 0 Å². The second-order valence-electron chi connectivity index (χ2n) is 6.21. The highest BCUT2D eigenvalue weighted by Gasteiger charge is 2.18. The number of aryl methyl sites for hydroxylation is 1. The summed E-state index contributed by atoms with van der Waals surface area (Å²) in [4.78, 5) is 4.27. The highest BCUT2D eigenvalue weighted by molar-refractivity contribution is 7.09. The van der Waals surface area contributed by atoms with Gasteiger partial charge in [-0.05, 0) is 31.9 Å². The van der Waals surface area contributed by atoms with Crippen LogP contribution >= 0.6 is 11.3 Å². The molecule has 1 heterocycles. The van der Waals surface area contributed by atoms with Crippen molar-refractivity contribution in [3.05, 3.63) is 34.2 Å². The van der Waals surface area contributed by atoms with Crippen LogP contribution in [0.5, 0.6) is 5.75 Å². The predicted octanol–water partition coefficient (Wildman–Crippen LogP) is 4.96. The lowest BCUT2D eigenvalue weighted by Gasteiger charge is -2.12. The Hall–Kier alpha value is -1.61. The minimum atomic E-state index is -1.02. The van der Waals surface area contributed by atoms with Gasteiger partial charge in [-0.1, -0.05) is 20.3 Å². The van der Waals surface area contributed by atoms with Crippen LogP contribution in [0.15, 0.2) is 17.5 Å². The number of thiazole rings is 1. The molecule has 0 aliphatic rings. The number of unbranched alkanes of at least 4 members (excludes halogenated alkanes) is 1. The van der Waals surface area contributed by atoms with Gasteiger partial charge in [0.2, 0.25) is 5.82 Å². The van der Waals surface area contributed by atoms with Crippen molar-refractivity contribution in [2.24, 2.45) is 5.73 Å². The van der Waals surface area contributed by atoms with E-state index in [1.54, 1.807) is 5.38 Å². The molecule has 2 rings (SSSR count). The van der Waals surface area contributed by atoms with Gasteiger partial charge in [0.15, 0.2) is 11.6 Å². The standard InChI is InChI=1S/C14H16F2N2O2S.C7H16O/c1-9-18-12(8-21-9)10-2-3-11(15)13(16)14(10)20-7-6-19-5-4-17;1-3-5-7-8-6-4-2/h2-3,8H,4-7,17H2,1H3;3-7H2,1-2H3. The molecule has 0 radical (unpaired) electrons. The fourth-order valence-corrected chi connectivity index (χ4v) is 2.86. The summed E-state index contributed by atoms with van der Waals surface area (Å²) in [6.45, 7) is 9.19. The second-order valence-corrected chi connectivity index (χ2v) is 7.27. The number of benzene rings is 1. The summed E-state index contributed by atoms with van der Waals surface area (Å²) >= 11 is 1.43. The lowest BCUT2D eigenvalue weighted by Crippen LogP contribution is -2.14. The summed E-state index contributed by atoms with van der Waals surface area (Å²) in [5, 5.41) is 2.62. The number of hydrogen-bond acceptors (Lipinski definition) is 6. The average Bonchev–Trinajstić information content (AvgIpc) is 3.15. The van der Waals surface area contributed by atoms with Crippen LogP contribution in [0.3, 0.4) is 0 Å². The Morgan fingerprint density at radius 2 is 1.76 bits per heavy atom. The van der Waals surface area contributed by atoms with Crippen molar-refractivity contribution < 1.29 is 23.0 Å². The molecule has 2 N–H and O–H groups in total. The third kappa shape index (κ3) is 9.62. The monoisotopic (exact) mass is 430 g/mol. The van der Waals surface area contributed by atoms with Gasteiger partial charge in [-0.25, -0.2) is 9.37 Å². The summed E-state index contributed by atoms with van der Waals surface area (Å²) in [7, 11) is 0. The zero-order chi connectivity index (χ0) is 21.5. The normalized spacial score (nSPS) is 10.6. The van der Waals surface area contributed by atoms with E-state index in [1.807, 2.05) is 6.92 Å². The number of ether oxygens (including phenoxy) is 3. The van der Waals surface area contributed by atoms with E-state index >= 15 is 0 Å². The van der Waals surface area contributed by atoms with E-state index in [0.29, 0.717) is 24.4 Å². The van der Waals surface area contributed by atoms with E-state index in [-0.39, 0.29) is 19.0 Å². The summed E-state index contributed by atoms with van der Waals surface area (Å²) in [6, 6.07) is 2.53. The van der Waals surface area contributed by atoms with Gasteiger partial charge in [0.25, 0.3) is 0 Å². The topological polar surface area (TPSA) is 66.6 Å². The first-order valence-corrected chi connectivity index (χ1v) is 10.8. The third-order valence-corrected chi connectivity index (χ3v) is 4.45. The maximum Gasteiger partial charge on any atom is 0.201 e. The molecule has 5 nitrogen and oxygen atoms in total. The third-order valence-electron chi connectivity index (χ3n) is 3.67. The van der Waals surface area contributed by atoms with Crippen LogP contribution in [-0.4, -0.2) is 44.6 Å². The van der Waals surface area contributed by atoms with E-state index in [4.69, 9.17) is 19.9 Å². The molecule has 2 aromatic rings. The van der Waals surface area contributed by atoms with Crippen molar-refractivity contribution in [1.29, 1.82) is 0 Å². The molecule has 0 saturated carbocycles. The zero-order valence-corrected chi connectivity index (χ0v) is 18.3. The van der Waals surface area contributed by atoms with E-state index in [9.17, 15) is 8.78 Å². The van der Waals surface area contributed by atoms with E-state index in [1.165, 1.54) is 30.2 Å². The van der Waals surface area contributed by atoms with E-state index in [2.05, 4.69) is 18.8 Å².